The third kappa shape index (κ3) is 5.18. The lowest BCUT2D eigenvalue weighted by Gasteiger charge is -2.28. The molecule has 0 aromatic heterocycles. The first kappa shape index (κ1) is 17.7. The number of sulfonamides is 1. The summed E-state index contributed by atoms with van der Waals surface area (Å²) in [6.45, 7) is 1.01. The van der Waals surface area contributed by atoms with E-state index in [2.05, 4.69) is 10.0 Å². The Bertz CT molecular complexity index is 643. The fourth-order valence-corrected chi connectivity index (χ4v) is 4.06. The predicted molar refractivity (Wildman–Crippen MR) is 87.0 cm³/mol. The fraction of sp³-hybridized carbons (Fsp3) is 0.533. The normalized spacial score (nSPS) is 21.8. The Hall–Kier alpha value is -1.67. The van der Waals surface area contributed by atoms with Crippen molar-refractivity contribution in [3.8, 4) is 0 Å². The maximum Gasteiger partial charge on any atom is 0.243 e. The van der Waals surface area contributed by atoms with E-state index in [-0.39, 0.29) is 16.8 Å². The van der Waals surface area contributed by atoms with Crippen LogP contribution in [0.15, 0.2) is 29.2 Å². The third-order valence-corrected chi connectivity index (χ3v) is 5.69. The van der Waals surface area contributed by atoms with Crippen LogP contribution in [-0.4, -0.2) is 27.5 Å². The minimum Gasteiger partial charge on any atom is -0.370 e. The molecule has 1 fully saturated rings. The molecule has 1 aliphatic carbocycles. The van der Waals surface area contributed by atoms with Gasteiger partial charge in [0.1, 0.15) is 10.7 Å². The van der Waals surface area contributed by atoms with Crippen LogP contribution in [0.3, 0.4) is 0 Å². The van der Waals surface area contributed by atoms with Crippen LogP contribution in [0.2, 0.25) is 0 Å². The molecule has 1 aromatic rings. The highest BCUT2D eigenvalue weighted by Crippen LogP contribution is 2.28. The van der Waals surface area contributed by atoms with Gasteiger partial charge in [0.2, 0.25) is 10.0 Å². The molecule has 0 atom stereocenters. The minimum atomic E-state index is -3.81. The van der Waals surface area contributed by atoms with Gasteiger partial charge < -0.3 is 11.1 Å². The fourth-order valence-electron chi connectivity index (χ4n) is 2.86. The summed E-state index contributed by atoms with van der Waals surface area (Å²) >= 11 is 0. The van der Waals surface area contributed by atoms with Crippen molar-refractivity contribution < 1.29 is 12.8 Å². The molecule has 2 rings (SSSR count). The summed E-state index contributed by atoms with van der Waals surface area (Å²) in [5, 5.41) is 9.97. The Morgan fingerprint density at radius 3 is 2.30 bits per heavy atom. The zero-order valence-corrected chi connectivity index (χ0v) is 13.7. The second-order valence-corrected chi connectivity index (χ2v) is 7.70. The largest absolute Gasteiger partial charge is 0.370 e. The molecule has 0 aliphatic heterocycles. The molecule has 8 heteroatoms. The number of hydrogen-bond donors (Lipinski definition) is 4. The summed E-state index contributed by atoms with van der Waals surface area (Å²) in [5.41, 5.74) is 5.26. The number of rotatable bonds is 6. The Kier molecular flexibility index (Phi) is 5.95. The molecule has 1 saturated carbocycles. The second-order valence-electron chi connectivity index (χ2n) is 5.96. The molecule has 1 aromatic carbocycles. The quantitative estimate of drug-likeness (QED) is 0.463. The number of hydrogen-bond acceptors (Lipinski definition) is 3. The predicted octanol–water partition coefficient (Wildman–Crippen LogP) is 1.39. The summed E-state index contributed by atoms with van der Waals surface area (Å²) in [4.78, 5) is -0.306. The summed E-state index contributed by atoms with van der Waals surface area (Å²) in [6, 6.07) is 5.37. The highest BCUT2D eigenvalue weighted by molar-refractivity contribution is 7.89. The average molecular weight is 342 g/mol. The van der Waals surface area contributed by atoms with Gasteiger partial charge in [-0.3, -0.25) is 5.41 Å². The number of nitrogens with one attached hydrogen (secondary N) is 3. The van der Waals surface area contributed by atoms with E-state index in [4.69, 9.17) is 11.1 Å². The van der Waals surface area contributed by atoms with Crippen molar-refractivity contribution in [1.82, 2.24) is 10.0 Å². The molecule has 0 saturated heterocycles. The molecule has 0 spiro atoms. The monoisotopic (exact) mass is 342 g/mol. The van der Waals surface area contributed by atoms with Crippen LogP contribution in [0, 0.1) is 23.1 Å². The number of nitrogens with two attached hydrogens (primary N) is 1. The minimum absolute atomic E-state index is 0.0234. The van der Waals surface area contributed by atoms with Crippen molar-refractivity contribution in [2.75, 3.05) is 13.1 Å². The van der Waals surface area contributed by atoms with Gasteiger partial charge in [0.15, 0.2) is 5.96 Å². The average Bonchev–Trinajstić information content (AvgIpc) is 2.52. The standard InChI is InChI=1S/C15H23FN4O2S/c16-13-3-1-2-4-14(13)23(21,22)20-10-12-7-5-11(6-8-12)9-19-15(17)18/h1-4,11-12,20H,5-10H2,(H4,17,18,19)/t11-,12-. The van der Waals surface area contributed by atoms with Crippen molar-refractivity contribution in [3.63, 3.8) is 0 Å². The number of halogens is 1. The van der Waals surface area contributed by atoms with E-state index in [1.54, 1.807) is 0 Å². The van der Waals surface area contributed by atoms with Crippen molar-refractivity contribution in [2.45, 2.75) is 30.6 Å². The van der Waals surface area contributed by atoms with Crippen molar-refractivity contribution in [3.05, 3.63) is 30.1 Å². The summed E-state index contributed by atoms with van der Waals surface area (Å²) < 4.78 is 40.4. The van der Waals surface area contributed by atoms with E-state index in [1.807, 2.05) is 0 Å². The van der Waals surface area contributed by atoms with Gasteiger partial charge in [0.05, 0.1) is 0 Å². The van der Waals surface area contributed by atoms with Crippen molar-refractivity contribution >= 4 is 16.0 Å². The zero-order valence-electron chi connectivity index (χ0n) is 12.9. The topological polar surface area (TPSA) is 108 Å². The SMILES string of the molecule is N=C(N)NC[C@H]1CC[C@H](CNS(=O)(=O)c2ccccc2F)CC1. The molecule has 6 nitrogen and oxygen atoms in total. The van der Waals surface area contributed by atoms with Gasteiger partial charge >= 0.3 is 0 Å². The van der Waals surface area contributed by atoms with E-state index in [1.165, 1.54) is 18.2 Å². The van der Waals surface area contributed by atoms with Crippen LogP contribution in [-0.2, 0) is 10.0 Å². The number of benzene rings is 1. The van der Waals surface area contributed by atoms with Gasteiger partial charge in [-0.05, 0) is 49.7 Å². The second kappa shape index (κ2) is 7.74. The van der Waals surface area contributed by atoms with Crippen LogP contribution in [0.1, 0.15) is 25.7 Å². The Labute approximate surface area is 136 Å². The molecule has 0 radical (unpaired) electrons. The van der Waals surface area contributed by atoms with Crippen LogP contribution in [0.5, 0.6) is 0 Å². The summed E-state index contributed by atoms with van der Waals surface area (Å²) in [6.07, 6.45) is 3.74. The highest BCUT2D eigenvalue weighted by atomic mass is 32.2. The first-order chi connectivity index (χ1) is 10.9. The maximum absolute atomic E-state index is 13.6. The zero-order chi connectivity index (χ0) is 16.9. The van der Waals surface area contributed by atoms with E-state index >= 15 is 0 Å². The van der Waals surface area contributed by atoms with Crippen molar-refractivity contribution in [1.29, 1.82) is 5.41 Å². The summed E-state index contributed by atoms with van der Waals surface area (Å²) in [7, 11) is -3.81. The first-order valence-corrected chi connectivity index (χ1v) is 9.19. The van der Waals surface area contributed by atoms with E-state index in [0.717, 1.165) is 31.7 Å². The van der Waals surface area contributed by atoms with Crippen LogP contribution >= 0.6 is 0 Å². The molecule has 0 unspecified atom stereocenters. The van der Waals surface area contributed by atoms with Crippen LogP contribution in [0.4, 0.5) is 4.39 Å². The van der Waals surface area contributed by atoms with E-state index < -0.39 is 15.8 Å². The van der Waals surface area contributed by atoms with Gasteiger partial charge in [-0.25, -0.2) is 17.5 Å². The molecular weight excluding hydrogens is 319 g/mol. The van der Waals surface area contributed by atoms with Crippen LogP contribution in [0.25, 0.3) is 0 Å². The molecule has 0 heterocycles. The van der Waals surface area contributed by atoms with Gasteiger partial charge in [-0.1, -0.05) is 12.1 Å². The highest BCUT2D eigenvalue weighted by Gasteiger charge is 2.24. The van der Waals surface area contributed by atoms with Gasteiger partial charge in [-0.15, -0.1) is 0 Å². The molecule has 1 aliphatic rings. The Morgan fingerprint density at radius 2 is 1.74 bits per heavy atom. The van der Waals surface area contributed by atoms with Gasteiger partial charge in [0, 0.05) is 13.1 Å². The molecule has 5 N–H and O–H groups in total. The molecule has 128 valence electrons. The van der Waals surface area contributed by atoms with Gasteiger partial charge in [0.25, 0.3) is 0 Å². The maximum atomic E-state index is 13.6. The Morgan fingerprint density at radius 1 is 1.17 bits per heavy atom. The molecular formula is C15H23FN4O2S. The first-order valence-electron chi connectivity index (χ1n) is 7.70. The molecule has 23 heavy (non-hydrogen) atoms. The Balaban J connectivity index is 1.81. The van der Waals surface area contributed by atoms with E-state index in [9.17, 15) is 12.8 Å². The molecule has 0 bridgehead atoms. The van der Waals surface area contributed by atoms with Gasteiger partial charge in [-0.2, -0.15) is 0 Å². The van der Waals surface area contributed by atoms with Crippen LogP contribution < -0.4 is 15.8 Å². The lowest BCUT2D eigenvalue weighted by Crippen LogP contribution is -2.37. The number of guanidine groups is 1. The lowest BCUT2D eigenvalue weighted by molar-refractivity contribution is 0.275. The molecule has 0 amide bonds. The smallest absolute Gasteiger partial charge is 0.243 e. The third-order valence-electron chi connectivity index (χ3n) is 4.24. The van der Waals surface area contributed by atoms with Crippen molar-refractivity contribution in [2.24, 2.45) is 17.6 Å². The lowest BCUT2D eigenvalue weighted by atomic mass is 9.82. The van der Waals surface area contributed by atoms with E-state index in [0.29, 0.717) is 19.0 Å². The summed E-state index contributed by atoms with van der Waals surface area (Å²) in [5.74, 6) is -0.0489.